The lowest BCUT2D eigenvalue weighted by atomic mass is 9.76. The van der Waals surface area contributed by atoms with E-state index in [4.69, 9.17) is 5.73 Å². The third kappa shape index (κ3) is 3.93. The highest BCUT2D eigenvalue weighted by atomic mass is 15.3. The summed E-state index contributed by atoms with van der Waals surface area (Å²) in [5.41, 5.74) is 6.41. The molecule has 0 amide bonds. The summed E-state index contributed by atoms with van der Waals surface area (Å²) >= 11 is 0. The summed E-state index contributed by atoms with van der Waals surface area (Å²) in [7, 11) is 0. The molecule has 3 nitrogen and oxygen atoms in total. The van der Waals surface area contributed by atoms with Gasteiger partial charge in [-0.2, -0.15) is 0 Å². The minimum Gasteiger partial charge on any atom is -0.326 e. The second-order valence-electron chi connectivity index (χ2n) is 6.93. The Labute approximate surface area is 119 Å². The third-order valence-electron chi connectivity index (χ3n) is 5.27. The molecule has 19 heavy (non-hydrogen) atoms. The Morgan fingerprint density at radius 2 is 1.79 bits per heavy atom. The van der Waals surface area contributed by atoms with Crippen LogP contribution in [-0.4, -0.2) is 54.6 Å². The first-order valence-electron chi connectivity index (χ1n) is 8.33. The molecule has 1 aliphatic heterocycles. The average molecular weight is 267 g/mol. The summed E-state index contributed by atoms with van der Waals surface area (Å²) in [6.45, 7) is 13.2. The van der Waals surface area contributed by atoms with Gasteiger partial charge in [0.25, 0.3) is 0 Å². The van der Waals surface area contributed by atoms with E-state index in [1.807, 2.05) is 0 Å². The predicted molar refractivity (Wildman–Crippen MR) is 82.2 cm³/mol. The van der Waals surface area contributed by atoms with Gasteiger partial charge in [-0.1, -0.05) is 20.8 Å². The summed E-state index contributed by atoms with van der Waals surface area (Å²) in [5.74, 6) is 1.70. The fourth-order valence-corrected chi connectivity index (χ4v) is 3.86. The molecule has 2 N–H and O–H groups in total. The molecule has 0 aromatic heterocycles. The molecule has 0 spiro atoms. The first-order chi connectivity index (χ1) is 9.11. The van der Waals surface area contributed by atoms with Gasteiger partial charge in [-0.3, -0.25) is 4.90 Å². The van der Waals surface area contributed by atoms with Crippen LogP contribution in [0.4, 0.5) is 0 Å². The van der Waals surface area contributed by atoms with E-state index in [9.17, 15) is 0 Å². The van der Waals surface area contributed by atoms with E-state index in [0.717, 1.165) is 11.8 Å². The van der Waals surface area contributed by atoms with E-state index >= 15 is 0 Å². The Bertz CT molecular complexity index is 259. The standard InChI is InChI=1S/C16H33N3/c1-4-7-18-8-10-19(11-9-18)16-12-14(13(2)3)5-6-15(16)17/h13-16H,4-12,17H2,1-3H3. The fraction of sp³-hybridized carbons (Fsp3) is 1.00. The maximum Gasteiger partial charge on any atom is 0.0251 e. The highest BCUT2D eigenvalue weighted by molar-refractivity contribution is 4.91. The van der Waals surface area contributed by atoms with Crippen molar-refractivity contribution in [2.75, 3.05) is 32.7 Å². The number of nitrogens with two attached hydrogens (primary N) is 1. The van der Waals surface area contributed by atoms with Crippen LogP contribution in [0.25, 0.3) is 0 Å². The van der Waals surface area contributed by atoms with E-state index in [1.54, 1.807) is 0 Å². The van der Waals surface area contributed by atoms with Crippen LogP contribution in [0.2, 0.25) is 0 Å². The lowest BCUT2D eigenvalue weighted by Crippen LogP contribution is -2.57. The van der Waals surface area contributed by atoms with Crippen LogP contribution >= 0.6 is 0 Å². The maximum absolute atomic E-state index is 6.41. The quantitative estimate of drug-likeness (QED) is 0.847. The lowest BCUT2D eigenvalue weighted by Gasteiger charge is -2.45. The van der Waals surface area contributed by atoms with Crippen molar-refractivity contribution in [2.45, 2.75) is 58.5 Å². The second-order valence-corrected chi connectivity index (χ2v) is 6.93. The van der Waals surface area contributed by atoms with E-state index in [0.29, 0.717) is 12.1 Å². The highest BCUT2D eigenvalue weighted by Crippen LogP contribution is 2.32. The molecule has 3 unspecified atom stereocenters. The lowest BCUT2D eigenvalue weighted by molar-refractivity contribution is 0.0492. The number of rotatable bonds is 4. The molecular formula is C16H33N3. The number of piperazine rings is 1. The van der Waals surface area contributed by atoms with Gasteiger partial charge in [0, 0.05) is 38.3 Å². The molecule has 1 saturated heterocycles. The largest absolute Gasteiger partial charge is 0.326 e. The van der Waals surface area contributed by atoms with Crippen molar-refractivity contribution in [1.82, 2.24) is 9.80 Å². The zero-order valence-corrected chi connectivity index (χ0v) is 13.1. The summed E-state index contributed by atoms with van der Waals surface area (Å²) in [4.78, 5) is 5.29. The van der Waals surface area contributed by atoms with E-state index in [2.05, 4.69) is 30.6 Å². The van der Waals surface area contributed by atoms with Crippen LogP contribution in [0.3, 0.4) is 0 Å². The van der Waals surface area contributed by atoms with Gasteiger partial charge in [0.15, 0.2) is 0 Å². The molecule has 2 fully saturated rings. The molecule has 3 atom stereocenters. The molecule has 0 aromatic rings. The molecule has 2 rings (SSSR count). The Hall–Kier alpha value is -0.120. The molecule has 1 heterocycles. The van der Waals surface area contributed by atoms with Gasteiger partial charge in [-0.25, -0.2) is 0 Å². The first-order valence-corrected chi connectivity index (χ1v) is 8.33. The molecular weight excluding hydrogens is 234 g/mol. The van der Waals surface area contributed by atoms with Crippen LogP contribution in [0.1, 0.15) is 46.5 Å². The second kappa shape index (κ2) is 7.05. The van der Waals surface area contributed by atoms with E-state index in [-0.39, 0.29) is 0 Å². The minimum atomic E-state index is 0.410. The van der Waals surface area contributed by atoms with Crippen LogP contribution in [0, 0.1) is 11.8 Å². The van der Waals surface area contributed by atoms with Crippen LogP contribution in [-0.2, 0) is 0 Å². The van der Waals surface area contributed by atoms with Gasteiger partial charge in [0.05, 0.1) is 0 Å². The summed E-state index contributed by atoms with van der Waals surface area (Å²) < 4.78 is 0. The molecule has 1 saturated carbocycles. The van der Waals surface area contributed by atoms with Crippen molar-refractivity contribution < 1.29 is 0 Å². The zero-order chi connectivity index (χ0) is 13.8. The zero-order valence-electron chi connectivity index (χ0n) is 13.1. The SMILES string of the molecule is CCCN1CCN(C2CC(C(C)C)CCC2N)CC1. The number of hydrogen-bond acceptors (Lipinski definition) is 3. The Balaban J connectivity index is 1.86. The molecule has 112 valence electrons. The van der Waals surface area contributed by atoms with Gasteiger partial charge in [-0.15, -0.1) is 0 Å². The normalized spacial score (nSPS) is 34.9. The summed E-state index contributed by atoms with van der Waals surface area (Å²) in [5, 5.41) is 0. The van der Waals surface area contributed by atoms with Gasteiger partial charge in [0.1, 0.15) is 0 Å². The third-order valence-corrected chi connectivity index (χ3v) is 5.27. The van der Waals surface area contributed by atoms with Gasteiger partial charge in [-0.05, 0) is 44.1 Å². The summed E-state index contributed by atoms with van der Waals surface area (Å²) in [6, 6.07) is 1.05. The Morgan fingerprint density at radius 1 is 1.11 bits per heavy atom. The van der Waals surface area contributed by atoms with Crippen molar-refractivity contribution in [3.63, 3.8) is 0 Å². The van der Waals surface area contributed by atoms with Crippen molar-refractivity contribution in [3.8, 4) is 0 Å². The van der Waals surface area contributed by atoms with Crippen molar-refractivity contribution in [2.24, 2.45) is 17.6 Å². The Kier molecular flexibility index (Phi) is 5.67. The van der Waals surface area contributed by atoms with Crippen molar-refractivity contribution in [1.29, 1.82) is 0 Å². The smallest absolute Gasteiger partial charge is 0.0251 e. The highest BCUT2D eigenvalue weighted by Gasteiger charge is 2.34. The maximum atomic E-state index is 6.41. The Morgan fingerprint density at radius 3 is 2.37 bits per heavy atom. The van der Waals surface area contributed by atoms with Gasteiger partial charge < -0.3 is 10.6 Å². The van der Waals surface area contributed by atoms with E-state index < -0.39 is 0 Å². The topological polar surface area (TPSA) is 32.5 Å². The van der Waals surface area contributed by atoms with Gasteiger partial charge in [0.2, 0.25) is 0 Å². The first kappa shape index (κ1) is 15.3. The van der Waals surface area contributed by atoms with E-state index in [1.165, 1.54) is 58.4 Å². The summed E-state index contributed by atoms with van der Waals surface area (Å²) in [6.07, 6.45) is 5.17. The van der Waals surface area contributed by atoms with Crippen molar-refractivity contribution >= 4 is 0 Å². The molecule has 1 aliphatic carbocycles. The van der Waals surface area contributed by atoms with Gasteiger partial charge >= 0.3 is 0 Å². The minimum absolute atomic E-state index is 0.410. The van der Waals surface area contributed by atoms with Crippen LogP contribution in [0.15, 0.2) is 0 Å². The molecule has 2 aliphatic rings. The van der Waals surface area contributed by atoms with Crippen LogP contribution in [0.5, 0.6) is 0 Å². The molecule has 0 radical (unpaired) electrons. The fourth-order valence-electron chi connectivity index (χ4n) is 3.86. The molecule has 3 heteroatoms. The predicted octanol–water partition coefficient (Wildman–Crippen LogP) is 2.17. The molecule has 0 aromatic carbocycles. The van der Waals surface area contributed by atoms with Crippen molar-refractivity contribution in [3.05, 3.63) is 0 Å². The molecule has 0 bridgehead atoms. The average Bonchev–Trinajstić information content (AvgIpc) is 2.40. The van der Waals surface area contributed by atoms with Crippen LogP contribution < -0.4 is 5.73 Å². The number of nitrogens with zero attached hydrogens (tertiary/aromatic N) is 2. The monoisotopic (exact) mass is 267 g/mol. The number of hydrogen-bond donors (Lipinski definition) is 1.